The van der Waals surface area contributed by atoms with E-state index in [4.69, 9.17) is 11.0 Å². The summed E-state index contributed by atoms with van der Waals surface area (Å²) in [6.45, 7) is 0.510. The van der Waals surface area contributed by atoms with Crippen LogP contribution in [0.2, 0.25) is 0 Å². The molecule has 1 heterocycles. The van der Waals surface area contributed by atoms with Gasteiger partial charge in [-0.3, -0.25) is 4.79 Å². The van der Waals surface area contributed by atoms with Gasteiger partial charge in [0, 0.05) is 29.2 Å². The van der Waals surface area contributed by atoms with Crippen LogP contribution in [0.4, 0.5) is 0 Å². The summed E-state index contributed by atoms with van der Waals surface area (Å²) >= 11 is 0. The average Bonchev–Trinajstić information content (AvgIpc) is 2.97. The zero-order valence-corrected chi connectivity index (χ0v) is 13.3. The number of primary amides is 1. The Balaban J connectivity index is 2.14. The average molecular weight is 326 g/mol. The van der Waals surface area contributed by atoms with E-state index in [9.17, 15) is 10.1 Å². The molecule has 0 aliphatic rings. The molecule has 0 atom stereocenters. The number of nitrogens with two attached hydrogens (primary N) is 1. The van der Waals surface area contributed by atoms with Crippen molar-refractivity contribution in [2.75, 3.05) is 0 Å². The number of fused-ring (bicyclic) bond motifs is 1. The van der Waals surface area contributed by atoms with E-state index in [0.717, 1.165) is 22.0 Å². The molecule has 3 rings (SSSR count). The minimum absolute atomic E-state index is 0.0969. The standard InChI is InChI=1S/C20H14N4O/c21-10-14-5-1-2-6-15(14)12-24-13-17(9-16(11-22)20(23)25)18-7-3-4-8-19(18)24/h1-9,13H,12H2,(H2,23,25)/b16-9+. The Morgan fingerprint density at radius 3 is 2.56 bits per heavy atom. The van der Waals surface area contributed by atoms with Gasteiger partial charge in [0.1, 0.15) is 11.6 Å². The summed E-state index contributed by atoms with van der Waals surface area (Å²) < 4.78 is 1.99. The fourth-order valence-electron chi connectivity index (χ4n) is 2.79. The number of para-hydroxylation sites is 1. The third-order valence-electron chi connectivity index (χ3n) is 3.98. The first kappa shape index (κ1) is 16.0. The number of nitrogens with zero attached hydrogens (tertiary/aromatic N) is 3. The minimum Gasteiger partial charge on any atom is -0.365 e. The van der Waals surface area contributed by atoms with E-state index in [1.165, 1.54) is 6.08 Å². The summed E-state index contributed by atoms with van der Waals surface area (Å²) in [5.74, 6) is -0.755. The summed E-state index contributed by atoms with van der Waals surface area (Å²) in [6, 6.07) is 19.1. The molecule has 0 radical (unpaired) electrons. The second-order valence-corrected chi connectivity index (χ2v) is 5.53. The highest BCUT2D eigenvalue weighted by Crippen LogP contribution is 2.25. The summed E-state index contributed by atoms with van der Waals surface area (Å²) in [4.78, 5) is 11.3. The molecule has 0 aliphatic heterocycles. The number of hydrogen-bond donors (Lipinski definition) is 1. The highest BCUT2D eigenvalue weighted by atomic mass is 16.1. The van der Waals surface area contributed by atoms with Gasteiger partial charge in [0.05, 0.1) is 11.6 Å². The van der Waals surface area contributed by atoms with Crippen molar-refractivity contribution in [1.29, 1.82) is 10.5 Å². The van der Waals surface area contributed by atoms with Gasteiger partial charge in [0.2, 0.25) is 0 Å². The van der Waals surface area contributed by atoms with E-state index in [1.54, 1.807) is 6.07 Å². The molecule has 5 heteroatoms. The van der Waals surface area contributed by atoms with Gasteiger partial charge in [-0.1, -0.05) is 36.4 Å². The lowest BCUT2D eigenvalue weighted by Gasteiger charge is -2.07. The van der Waals surface area contributed by atoms with Gasteiger partial charge in [-0.15, -0.1) is 0 Å². The van der Waals surface area contributed by atoms with Crippen LogP contribution in [0.5, 0.6) is 0 Å². The lowest BCUT2D eigenvalue weighted by Crippen LogP contribution is -2.12. The predicted molar refractivity (Wildman–Crippen MR) is 95.0 cm³/mol. The molecule has 5 nitrogen and oxygen atoms in total. The Morgan fingerprint density at radius 2 is 1.84 bits per heavy atom. The van der Waals surface area contributed by atoms with Crippen LogP contribution >= 0.6 is 0 Å². The number of aromatic nitrogens is 1. The van der Waals surface area contributed by atoms with Crippen LogP contribution in [0.25, 0.3) is 17.0 Å². The molecule has 3 aromatic rings. The number of benzene rings is 2. The molecule has 120 valence electrons. The highest BCUT2D eigenvalue weighted by Gasteiger charge is 2.11. The molecule has 0 unspecified atom stereocenters. The molecule has 1 aromatic heterocycles. The van der Waals surface area contributed by atoms with Crippen LogP contribution in [-0.2, 0) is 11.3 Å². The fraction of sp³-hybridized carbons (Fsp3) is 0.0500. The number of hydrogen-bond acceptors (Lipinski definition) is 3. The Kier molecular flexibility index (Phi) is 4.32. The van der Waals surface area contributed by atoms with Gasteiger partial charge in [-0.05, 0) is 23.8 Å². The first-order valence-electron chi connectivity index (χ1n) is 7.61. The molecule has 0 saturated carbocycles. The SMILES string of the molecule is N#C/C(=C\c1cn(Cc2ccccc2C#N)c2ccccc12)C(N)=O. The molecule has 0 spiro atoms. The van der Waals surface area contributed by atoms with Crippen molar-refractivity contribution in [2.45, 2.75) is 6.54 Å². The van der Waals surface area contributed by atoms with Gasteiger partial charge < -0.3 is 10.3 Å². The van der Waals surface area contributed by atoms with Crippen LogP contribution in [0.15, 0.2) is 60.3 Å². The van der Waals surface area contributed by atoms with Gasteiger partial charge in [0.25, 0.3) is 5.91 Å². The zero-order valence-electron chi connectivity index (χ0n) is 13.3. The molecule has 25 heavy (non-hydrogen) atoms. The second-order valence-electron chi connectivity index (χ2n) is 5.53. The topological polar surface area (TPSA) is 95.6 Å². The van der Waals surface area contributed by atoms with Crippen molar-refractivity contribution in [1.82, 2.24) is 4.57 Å². The van der Waals surface area contributed by atoms with E-state index in [-0.39, 0.29) is 5.57 Å². The minimum atomic E-state index is -0.755. The smallest absolute Gasteiger partial charge is 0.259 e. The molecule has 0 saturated heterocycles. The van der Waals surface area contributed by atoms with Gasteiger partial charge in [-0.2, -0.15) is 10.5 Å². The quantitative estimate of drug-likeness (QED) is 0.589. The fourth-order valence-corrected chi connectivity index (χ4v) is 2.79. The maximum atomic E-state index is 11.3. The van der Waals surface area contributed by atoms with Crippen molar-refractivity contribution < 1.29 is 4.79 Å². The summed E-state index contributed by atoms with van der Waals surface area (Å²) in [5.41, 5.74) is 8.34. The number of nitriles is 2. The summed E-state index contributed by atoms with van der Waals surface area (Å²) in [7, 11) is 0. The van der Waals surface area contributed by atoms with E-state index in [1.807, 2.05) is 59.3 Å². The molecular weight excluding hydrogens is 312 g/mol. The molecule has 0 aliphatic carbocycles. The molecule has 0 bridgehead atoms. The second kappa shape index (κ2) is 6.74. The van der Waals surface area contributed by atoms with E-state index < -0.39 is 5.91 Å². The van der Waals surface area contributed by atoms with E-state index in [2.05, 4.69) is 6.07 Å². The summed E-state index contributed by atoms with van der Waals surface area (Å²) in [6.07, 6.45) is 3.36. The Hall–Kier alpha value is -3.83. The molecule has 2 N–H and O–H groups in total. The van der Waals surface area contributed by atoms with Gasteiger partial charge >= 0.3 is 0 Å². The lowest BCUT2D eigenvalue weighted by atomic mass is 10.1. The Labute approximate surface area is 144 Å². The van der Waals surface area contributed by atoms with Gasteiger partial charge in [0.15, 0.2) is 0 Å². The first-order chi connectivity index (χ1) is 12.1. The van der Waals surface area contributed by atoms with Crippen molar-refractivity contribution in [3.05, 3.63) is 77.0 Å². The normalized spacial score (nSPS) is 11.0. The number of carbonyl (C=O) groups excluding carboxylic acids is 1. The third-order valence-corrected chi connectivity index (χ3v) is 3.98. The van der Waals surface area contributed by atoms with Crippen LogP contribution in [0, 0.1) is 22.7 Å². The van der Waals surface area contributed by atoms with E-state index in [0.29, 0.717) is 12.1 Å². The lowest BCUT2D eigenvalue weighted by molar-refractivity contribution is -0.114. The largest absolute Gasteiger partial charge is 0.365 e. The number of rotatable bonds is 4. The Bertz CT molecular complexity index is 1080. The number of carbonyl (C=O) groups is 1. The van der Waals surface area contributed by atoms with Crippen molar-refractivity contribution in [3.8, 4) is 12.1 Å². The maximum Gasteiger partial charge on any atom is 0.259 e. The van der Waals surface area contributed by atoms with Gasteiger partial charge in [-0.25, -0.2) is 0 Å². The molecular formula is C20H14N4O. The Morgan fingerprint density at radius 1 is 1.12 bits per heavy atom. The van der Waals surface area contributed by atoms with E-state index >= 15 is 0 Å². The van der Waals surface area contributed by atoms with Crippen LogP contribution in [0.1, 0.15) is 16.7 Å². The molecule has 1 amide bonds. The van der Waals surface area contributed by atoms with Crippen molar-refractivity contribution >= 4 is 22.9 Å². The van der Waals surface area contributed by atoms with Crippen LogP contribution < -0.4 is 5.73 Å². The maximum absolute atomic E-state index is 11.3. The first-order valence-corrected chi connectivity index (χ1v) is 7.61. The van der Waals surface area contributed by atoms with Crippen LogP contribution in [0.3, 0.4) is 0 Å². The highest BCUT2D eigenvalue weighted by molar-refractivity contribution is 6.03. The zero-order chi connectivity index (χ0) is 17.8. The van der Waals surface area contributed by atoms with Crippen molar-refractivity contribution in [3.63, 3.8) is 0 Å². The molecule has 2 aromatic carbocycles. The number of amides is 1. The molecule has 0 fully saturated rings. The monoisotopic (exact) mass is 326 g/mol. The van der Waals surface area contributed by atoms with Crippen molar-refractivity contribution in [2.24, 2.45) is 5.73 Å². The predicted octanol–water partition coefficient (Wildman–Crippen LogP) is 2.95. The third kappa shape index (κ3) is 3.12. The summed E-state index contributed by atoms with van der Waals surface area (Å²) in [5, 5.41) is 19.3. The van der Waals surface area contributed by atoms with Crippen LogP contribution in [-0.4, -0.2) is 10.5 Å².